The molecule has 1 aromatic heterocycles. The number of hydrogen-bond donors (Lipinski definition) is 0. The van der Waals surface area contributed by atoms with E-state index in [-0.39, 0.29) is 0 Å². The molecule has 3 rings (SSSR count). The smallest absolute Gasteiger partial charge is 0.131 e. The highest BCUT2D eigenvalue weighted by molar-refractivity contribution is 5.85. The van der Waals surface area contributed by atoms with Crippen LogP contribution in [0.15, 0.2) is 60.7 Å². The van der Waals surface area contributed by atoms with Crippen molar-refractivity contribution >= 4 is 0 Å². The topological polar surface area (TPSA) is 34.6 Å². The fraction of sp³-hybridized carbons (Fsp3) is 0.261. The minimum atomic E-state index is 0.619. The van der Waals surface area contributed by atoms with Gasteiger partial charge in [0.05, 0.1) is 18.4 Å². The average molecular weight is 362 g/mol. The van der Waals surface area contributed by atoms with Gasteiger partial charge in [0.25, 0.3) is 0 Å². The predicted molar refractivity (Wildman–Crippen MR) is 110 cm³/mol. The minimum absolute atomic E-state index is 0.619. The molecule has 0 aliphatic rings. The van der Waals surface area contributed by atoms with Gasteiger partial charge in [0.15, 0.2) is 0 Å². The summed E-state index contributed by atoms with van der Waals surface area (Å²) in [5, 5.41) is 0. The second kappa shape index (κ2) is 8.69. The number of nitrogens with zero attached hydrogens (tertiary/aromatic N) is 2. The molecule has 4 nitrogen and oxygen atoms in total. The van der Waals surface area contributed by atoms with E-state index in [1.54, 1.807) is 7.11 Å². The highest BCUT2D eigenvalue weighted by Crippen LogP contribution is 2.39. The number of likely N-dealkylation sites (N-methyl/N-ethyl adjacent to an activating group) is 1. The van der Waals surface area contributed by atoms with Crippen LogP contribution < -0.4 is 9.47 Å². The van der Waals surface area contributed by atoms with Gasteiger partial charge in [-0.15, -0.1) is 0 Å². The first kappa shape index (κ1) is 18.9. The molecule has 4 heteroatoms. The van der Waals surface area contributed by atoms with Crippen LogP contribution in [0.2, 0.25) is 0 Å². The first-order valence-corrected chi connectivity index (χ1v) is 9.07. The van der Waals surface area contributed by atoms with E-state index in [0.717, 1.165) is 46.1 Å². The fourth-order valence-electron chi connectivity index (χ4n) is 2.94. The molecular formula is C23H26N2O2. The zero-order valence-corrected chi connectivity index (χ0v) is 16.4. The SMILES string of the molecule is COc1ccc(-c2c(OCCN(C)C)cc(C)nc2-c2ccccc2)cc1. The summed E-state index contributed by atoms with van der Waals surface area (Å²) in [6, 6.07) is 20.3. The van der Waals surface area contributed by atoms with Crippen LogP contribution >= 0.6 is 0 Å². The molecule has 0 amide bonds. The number of ether oxygens (including phenoxy) is 2. The van der Waals surface area contributed by atoms with Crippen molar-refractivity contribution in [3.05, 3.63) is 66.4 Å². The molecule has 0 N–H and O–H groups in total. The molecule has 0 fully saturated rings. The van der Waals surface area contributed by atoms with Gasteiger partial charge in [0, 0.05) is 23.9 Å². The van der Waals surface area contributed by atoms with Crippen LogP contribution in [0.5, 0.6) is 11.5 Å². The molecule has 0 aliphatic heterocycles. The van der Waals surface area contributed by atoms with Crippen molar-refractivity contribution in [2.24, 2.45) is 0 Å². The van der Waals surface area contributed by atoms with Crippen molar-refractivity contribution < 1.29 is 9.47 Å². The second-order valence-corrected chi connectivity index (χ2v) is 6.73. The zero-order chi connectivity index (χ0) is 19.2. The van der Waals surface area contributed by atoms with Crippen molar-refractivity contribution in [3.63, 3.8) is 0 Å². The van der Waals surface area contributed by atoms with Crippen LogP contribution in [0.4, 0.5) is 0 Å². The van der Waals surface area contributed by atoms with Gasteiger partial charge in [-0.05, 0) is 38.7 Å². The summed E-state index contributed by atoms with van der Waals surface area (Å²) in [5.74, 6) is 1.68. The van der Waals surface area contributed by atoms with Crippen LogP contribution in [0, 0.1) is 6.92 Å². The maximum atomic E-state index is 6.19. The number of rotatable bonds is 7. The summed E-state index contributed by atoms with van der Waals surface area (Å²) < 4.78 is 11.5. The van der Waals surface area contributed by atoms with E-state index in [1.807, 2.05) is 57.4 Å². The van der Waals surface area contributed by atoms with Crippen LogP contribution in [-0.4, -0.2) is 44.2 Å². The molecule has 0 radical (unpaired) electrons. The van der Waals surface area contributed by atoms with E-state index in [1.165, 1.54) is 0 Å². The minimum Gasteiger partial charge on any atom is -0.497 e. The summed E-state index contributed by atoms with van der Waals surface area (Å²) >= 11 is 0. The molecular weight excluding hydrogens is 336 g/mol. The molecule has 2 aromatic carbocycles. The highest BCUT2D eigenvalue weighted by atomic mass is 16.5. The van der Waals surface area contributed by atoms with Gasteiger partial charge in [0.2, 0.25) is 0 Å². The van der Waals surface area contributed by atoms with Crippen LogP contribution in [0.1, 0.15) is 5.69 Å². The first-order valence-electron chi connectivity index (χ1n) is 9.07. The van der Waals surface area contributed by atoms with Crippen molar-refractivity contribution in [2.45, 2.75) is 6.92 Å². The van der Waals surface area contributed by atoms with Crippen LogP contribution in [0.25, 0.3) is 22.4 Å². The number of pyridine rings is 1. The molecule has 3 aromatic rings. The van der Waals surface area contributed by atoms with Crippen molar-refractivity contribution in [2.75, 3.05) is 34.4 Å². The van der Waals surface area contributed by atoms with E-state index >= 15 is 0 Å². The Labute approximate surface area is 161 Å². The lowest BCUT2D eigenvalue weighted by Gasteiger charge is -2.18. The molecule has 27 heavy (non-hydrogen) atoms. The average Bonchev–Trinajstić information content (AvgIpc) is 2.68. The summed E-state index contributed by atoms with van der Waals surface area (Å²) in [5.41, 5.74) is 5.01. The Morgan fingerprint density at radius 1 is 0.926 bits per heavy atom. The molecule has 140 valence electrons. The number of benzene rings is 2. The molecule has 0 saturated carbocycles. The van der Waals surface area contributed by atoms with Gasteiger partial charge in [-0.25, -0.2) is 0 Å². The van der Waals surface area contributed by atoms with E-state index in [4.69, 9.17) is 14.5 Å². The standard InChI is InChI=1S/C23H26N2O2/c1-17-16-21(27-15-14-25(2)3)22(18-10-12-20(26-4)13-11-18)23(24-17)19-8-6-5-7-9-19/h5-13,16H,14-15H2,1-4H3. The quantitative estimate of drug-likeness (QED) is 0.612. The summed E-state index contributed by atoms with van der Waals surface area (Å²) in [7, 11) is 5.76. The maximum absolute atomic E-state index is 6.19. The lowest BCUT2D eigenvalue weighted by atomic mass is 9.97. The molecule has 0 saturated heterocycles. The normalized spacial score (nSPS) is 10.9. The van der Waals surface area contributed by atoms with Gasteiger partial charge in [-0.3, -0.25) is 4.98 Å². The third kappa shape index (κ3) is 4.66. The van der Waals surface area contributed by atoms with Crippen LogP contribution in [-0.2, 0) is 0 Å². The Morgan fingerprint density at radius 3 is 2.26 bits per heavy atom. The summed E-state index contributed by atoms with van der Waals surface area (Å²) in [4.78, 5) is 6.95. The Bertz CT molecular complexity index is 875. The Morgan fingerprint density at radius 2 is 1.63 bits per heavy atom. The predicted octanol–water partition coefficient (Wildman–Crippen LogP) is 4.67. The van der Waals surface area contributed by atoms with Crippen molar-refractivity contribution in [1.82, 2.24) is 9.88 Å². The second-order valence-electron chi connectivity index (χ2n) is 6.73. The molecule has 0 spiro atoms. The largest absolute Gasteiger partial charge is 0.497 e. The third-order valence-electron chi connectivity index (χ3n) is 4.33. The molecule has 0 aliphatic carbocycles. The maximum Gasteiger partial charge on any atom is 0.131 e. The molecule has 0 unspecified atom stereocenters. The number of aromatic nitrogens is 1. The van der Waals surface area contributed by atoms with Gasteiger partial charge in [0.1, 0.15) is 18.1 Å². The van der Waals surface area contributed by atoms with Gasteiger partial charge in [-0.2, -0.15) is 0 Å². The van der Waals surface area contributed by atoms with Gasteiger partial charge < -0.3 is 14.4 Å². The third-order valence-corrected chi connectivity index (χ3v) is 4.33. The zero-order valence-electron chi connectivity index (χ0n) is 16.4. The van der Waals surface area contributed by atoms with Crippen molar-refractivity contribution in [3.8, 4) is 33.9 Å². The van der Waals surface area contributed by atoms with E-state index in [2.05, 4.69) is 29.2 Å². The van der Waals surface area contributed by atoms with E-state index in [0.29, 0.717) is 6.61 Å². The van der Waals surface area contributed by atoms with Gasteiger partial charge in [-0.1, -0.05) is 42.5 Å². The van der Waals surface area contributed by atoms with Crippen LogP contribution in [0.3, 0.4) is 0 Å². The highest BCUT2D eigenvalue weighted by Gasteiger charge is 2.17. The first-order chi connectivity index (χ1) is 13.1. The summed E-state index contributed by atoms with van der Waals surface area (Å²) in [6.07, 6.45) is 0. The summed E-state index contributed by atoms with van der Waals surface area (Å²) in [6.45, 7) is 3.47. The number of methoxy groups -OCH3 is 1. The molecule has 1 heterocycles. The van der Waals surface area contributed by atoms with Crippen molar-refractivity contribution in [1.29, 1.82) is 0 Å². The number of hydrogen-bond acceptors (Lipinski definition) is 4. The lowest BCUT2D eigenvalue weighted by molar-refractivity contribution is 0.262. The van der Waals surface area contributed by atoms with E-state index in [9.17, 15) is 0 Å². The molecule has 0 atom stereocenters. The van der Waals surface area contributed by atoms with E-state index < -0.39 is 0 Å². The fourth-order valence-corrected chi connectivity index (χ4v) is 2.94. The lowest BCUT2D eigenvalue weighted by Crippen LogP contribution is -2.19. The Kier molecular flexibility index (Phi) is 6.09. The van der Waals surface area contributed by atoms with Gasteiger partial charge >= 0.3 is 0 Å². The monoisotopic (exact) mass is 362 g/mol. The number of aryl methyl sites for hydroxylation is 1. The Hall–Kier alpha value is -2.85. The molecule has 0 bridgehead atoms. The Balaban J connectivity index is 2.12.